The van der Waals surface area contributed by atoms with Gasteiger partial charge in [0, 0.05) is 19.0 Å². The van der Waals surface area contributed by atoms with E-state index in [9.17, 15) is 37.6 Å². The number of nitrogens with zero attached hydrogens (tertiary/aromatic N) is 2. The smallest absolute Gasteiger partial charge is 0.356 e. The number of carbonyl (C=O) groups excluding carboxylic acids is 4. The maximum atomic E-state index is 13.0. The summed E-state index contributed by atoms with van der Waals surface area (Å²) in [6, 6.07) is 0.0608. The summed E-state index contributed by atoms with van der Waals surface area (Å²) in [5, 5.41) is 16.2. The number of hydrogen-bond acceptors (Lipinski definition) is 5. The van der Waals surface area contributed by atoms with Crippen LogP contribution < -0.4 is 16.0 Å². The van der Waals surface area contributed by atoms with Crippen LogP contribution in [0.15, 0.2) is 0 Å². The molecule has 1 saturated carbocycles. The van der Waals surface area contributed by atoms with Gasteiger partial charge in [-0.1, -0.05) is 13.8 Å². The summed E-state index contributed by atoms with van der Waals surface area (Å²) in [7, 11) is 0. The lowest BCUT2D eigenvalue weighted by molar-refractivity contribution is -0.174. The van der Waals surface area contributed by atoms with E-state index in [0.717, 1.165) is 0 Å². The molecule has 0 bridgehead atoms. The fourth-order valence-corrected chi connectivity index (χ4v) is 4.76. The lowest BCUT2D eigenvalue weighted by Gasteiger charge is -2.31. The molecule has 31 heavy (non-hydrogen) atoms. The average Bonchev–Trinajstić information content (AvgIpc) is 3.05. The van der Waals surface area contributed by atoms with Crippen molar-refractivity contribution in [3.8, 4) is 6.07 Å². The molecule has 1 aliphatic carbocycles. The van der Waals surface area contributed by atoms with Gasteiger partial charge in [-0.2, -0.15) is 18.4 Å². The number of amides is 4. The zero-order valence-corrected chi connectivity index (χ0v) is 17.1. The summed E-state index contributed by atoms with van der Waals surface area (Å²) < 4.78 is 37.1. The number of fused-ring (bicyclic) bond motifs is 1. The molecule has 4 amide bonds. The van der Waals surface area contributed by atoms with E-state index in [4.69, 9.17) is 0 Å². The van der Waals surface area contributed by atoms with Gasteiger partial charge in [0.1, 0.15) is 12.1 Å². The Morgan fingerprint density at radius 1 is 1.35 bits per heavy atom. The second-order valence-corrected chi connectivity index (χ2v) is 8.83. The molecule has 2 aliphatic heterocycles. The predicted molar refractivity (Wildman–Crippen MR) is 98.6 cm³/mol. The van der Waals surface area contributed by atoms with Gasteiger partial charge in [-0.25, -0.2) is 0 Å². The number of rotatable bonds is 6. The summed E-state index contributed by atoms with van der Waals surface area (Å²) in [6.45, 7) is 3.66. The highest BCUT2D eigenvalue weighted by Gasteiger charge is 2.69. The van der Waals surface area contributed by atoms with Gasteiger partial charge in [0.05, 0.1) is 12.6 Å². The summed E-state index contributed by atoms with van der Waals surface area (Å²) in [5.41, 5.74) is -0.235. The molecule has 3 fully saturated rings. The van der Waals surface area contributed by atoms with Crippen molar-refractivity contribution in [2.45, 2.75) is 44.9 Å². The van der Waals surface area contributed by atoms with Gasteiger partial charge in [-0.3, -0.25) is 19.2 Å². The van der Waals surface area contributed by atoms with Crippen molar-refractivity contribution in [1.29, 1.82) is 5.26 Å². The Labute approximate surface area is 176 Å². The Hall–Kier alpha value is -2.84. The van der Waals surface area contributed by atoms with Gasteiger partial charge in [0.2, 0.25) is 17.7 Å². The number of likely N-dealkylation sites (tertiary alicyclic amines) is 1. The molecule has 3 unspecified atom stereocenters. The topological polar surface area (TPSA) is 131 Å². The molecule has 170 valence electrons. The number of hydrogen-bond donors (Lipinski definition) is 3. The van der Waals surface area contributed by atoms with Crippen LogP contribution in [0.5, 0.6) is 0 Å². The van der Waals surface area contributed by atoms with Crippen LogP contribution in [0, 0.1) is 34.5 Å². The first-order chi connectivity index (χ1) is 14.4. The average molecular weight is 443 g/mol. The molecular weight excluding hydrogens is 419 g/mol. The second-order valence-electron chi connectivity index (χ2n) is 8.83. The van der Waals surface area contributed by atoms with Crippen LogP contribution in [-0.4, -0.2) is 66.4 Å². The van der Waals surface area contributed by atoms with Crippen LogP contribution in [0.2, 0.25) is 0 Å². The molecule has 2 heterocycles. The monoisotopic (exact) mass is 443 g/mol. The van der Waals surface area contributed by atoms with E-state index in [1.54, 1.807) is 0 Å². The van der Waals surface area contributed by atoms with Gasteiger partial charge in [-0.15, -0.1) is 0 Å². The van der Waals surface area contributed by atoms with Gasteiger partial charge in [-0.05, 0) is 30.1 Å². The van der Waals surface area contributed by atoms with Crippen molar-refractivity contribution >= 4 is 23.6 Å². The van der Waals surface area contributed by atoms with E-state index in [1.165, 1.54) is 10.2 Å². The summed E-state index contributed by atoms with van der Waals surface area (Å²) in [6.07, 6.45) is -4.43. The van der Waals surface area contributed by atoms with Gasteiger partial charge in [0.15, 0.2) is 0 Å². The standard InChI is InChI=1S/C19H24F3N5O4/c1-18(2)11-8-27(12(28)7-25-17(31)19(20,21)22)14(13(11)18)16(30)26-10(6-23)5-9-3-4-24-15(9)29/h9-11,13-14H,3-5,7-8H2,1-2H3,(H,24,29)(H,25,31)(H,26,30)/t9?,10?,11-,13?,14-/m0/s1. The SMILES string of the molecule is CC1(C)C2[C@@H](C(=O)NC(C#N)CC3CCNC3=O)N(C(=O)CNC(=O)C(F)(F)F)C[C@@H]21. The lowest BCUT2D eigenvalue weighted by atomic mass is 9.97. The highest BCUT2D eigenvalue weighted by atomic mass is 19.4. The zero-order chi connectivity index (χ0) is 23.1. The molecule has 9 nitrogen and oxygen atoms in total. The first-order valence-corrected chi connectivity index (χ1v) is 10.00. The van der Waals surface area contributed by atoms with Crippen LogP contribution in [-0.2, 0) is 19.2 Å². The van der Waals surface area contributed by atoms with Crippen LogP contribution in [0.4, 0.5) is 13.2 Å². The zero-order valence-electron chi connectivity index (χ0n) is 17.1. The van der Waals surface area contributed by atoms with E-state index in [1.807, 2.05) is 19.9 Å². The van der Waals surface area contributed by atoms with E-state index >= 15 is 0 Å². The van der Waals surface area contributed by atoms with Crippen molar-refractivity contribution in [2.24, 2.45) is 23.2 Å². The van der Waals surface area contributed by atoms with Crippen molar-refractivity contribution in [3.05, 3.63) is 0 Å². The molecule has 0 aromatic heterocycles. The molecule has 3 N–H and O–H groups in total. The number of piperidine rings is 1. The summed E-state index contributed by atoms with van der Waals surface area (Å²) in [5.74, 6) is -4.41. The molecule has 3 rings (SSSR count). The molecule has 0 spiro atoms. The van der Waals surface area contributed by atoms with Crippen molar-refractivity contribution in [2.75, 3.05) is 19.6 Å². The maximum Gasteiger partial charge on any atom is 0.471 e. The summed E-state index contributed by atoms with van der Waals surface area (Å²) >= 11 is 0. The maximum absolute atomic E-state index is 13.0. The number of nitriles is 1. The third kappa shape index (κ3) is 4.45. The Balaban J connectivity index is 1.66. The first-order valence-electron chi connectivity index (χ1n) is 10.00. The highest BCUT2D eigenvalue weighted by molar-refractivity contribution is 5.92. The van der Waals surface area contributed by atoms with Crippen molar-refractivity contribution in [1.82, 2.24) is 20.9 Å². The van der Waals surface area contributed by atoms with Crippen LogP contribution in [0.1, 0.15) is 26.7 Å². The van der Waals surface area contributed by atoms with E-state index in [2.05, 4.69) is 10.6 Å². The molecule has 2 saturated heterocycles. The Morgan fingerprint density at radius 3 is 2.58 bits per heavy atom. The van der Waals surface area contributed by atoms with Gasteiger partial charge in [0.25, 0.3) is 0 Å². The molecule has 0 aromatic carbocycles. The fraction of sp³-hybridized carbons (Fsp3) is 0.737. The van der Waals surface area contributed by atoms with Crippen molar-refractivity contribution in [3.63, 3.8) is 0 Å². The number of carbonyl (C=O) groups is 4. The number of nitrogens with one attached hydrogen (secondary N) is 3. The fourth-order valence-electron chi connectivity index (χ4n) is 4.76. The summed E-state index contributed by atoms with van der Waals surface area (Å²) in [4.78, 5) is 49.4. The molecule has 0 radical (unpaired) electrons. The minimum Gasteiger partial charge on any atom is -0.356 e. The normalized spacial score (nSPS) is 29.4. The third-order valence-electron chi connectivity index (χ3n) is 6.61. The largest absolute Gasteiger partial charge is 0.471 e. The van der Waals surface area contributed by atoms with Gasteiger partial charge >= 0.3 is 12.1 Å². The van der Waals surface area contributed by atoms with Gasteiger partial charge < -0.3 is 20.9 Å². The predicted octanol–water partition coefficient (Wildman–Crippen LogP) is -0.318. The van der Waals surface area contributed by atoms with E-state index < -0.39 is 48.4 Å². The Morgan fingerprint density at radius 2 is 2.03 bits per heavy atom. The van der Waals surface area contributed by atoms with Crippen LogP contribution >= 0.6 is 0 Å². The third-order valence-corrected chi connectivity index (χ3v) is 6.61. The minimum atomic E-state index is -5.11. The lowest BCUT2D eigenvalue weighted by Crippen LogP contribution is -2.54. The molecule has 0 aromatic rings. The molecule has 3 aliphatic rings. The van der Waals surface area contributed by atoms with E-state index in [0.29, 0.717) is 13.0 Å². The molecule has 5 atom stereocenters. The number of halogens is 3. The Kier molecular flexibility index (Phi) is 5.90. The first kappa shape index (κ1) is 22.8. The van der Waals surface area contributed by atoms with Crippen molar-refractivity contribution < 1.29 is 32.3 Å². The highest BCUT2D eigenvalue weighted by Crippen LogP contribution is 2.64. The Bertz CT molecular complexity index is 837. The second kappa shape index (κ2) is 8.01. The molecular formula is C19H24F3N5O4. The van der Waals surface area contributed by atoms with Crippen LogP contribution in [0.3, 0.4) is 0 Å². The van der Waals surface area contributed by atoms with Crippen LogP contribution in [0.25, 0.3) is 0 Å². The minimum absolute atomic E-state index is 0.00772. The van der Waals surface area contributed by atoms with E-state index in [-0.39, 0.29) is 36.1 Å². The quantitative estimate of drug-likeness (QED) is 0.518. The number of alkyl halides is 3. The molecule has 12 heteroatoms.